The highest BCUT2D eigenvalue weighted by molar-refractivity contribution is 5.80. The molecule has 0 aliphatic heterocycles. The van der Waals surface area contributed by atoms with E-state index >= 15 is 0 Å². The van der Waals surface area contributed by atoms with Gasteiger partial charge >= 0.3 is 0 Å². The largest absolute Gasteiger partial charge is 0.497 e. The van der Waals surface area contributed by atoms with Gasteiger partial charge < -0.3 is 4.74 Å². The summed E-state index contributed by atoms with van der Waals surface area (Å²) < 4.78 is 5.25. The third-order valence-electron chi connectivity index (χ3n) is 4.23. The van der Waals surface area contributed by atoms with Crippen LogP contribution in [0.25, 0.3) is 5.57 Å². The van der Waals surface area contributed by atoms with Gasteiger partial charge in [0.2, 0.25) is 0 Å². The van der Waals surface area contributed by atoms with Crippen molar-refractivity contribution in [2.75, 3.05) is 7.11 Å². The van der Waals surface area contributed by atoms with E-state index in [1.165, 1.54) is 22.3 Å². The number of hydrogen-bond donors (Lipinski definition) is 0. The van der Waals surface area contributed by atoms with Gasteiger partial charge in [0.25, 0.3) is 0 Å². The van der Waals surface area contributed by atoms with Crippen molar-refractivity contribution in [1.29, 1.82) is 0 Å². The van der Waals surface area contributed by atoms with Gasteiger partial charge in [-0.2, -0.15) is 0 Å². The van der Waals surface area contributed by atoms with Crippen molar-refractivity contribution in [3.63, 3.8) is 0 Å². The van der Waals surface area contributed by atoms with Crippen LogP contribution in [0.4, 0.5) is 0 Å². The Morgan fingerprint density at radius 2 is 1.25 bits per heavy atom. The van der Waals surface area contributed by atoms with E-state index in [2.05, 4.69) is 85.8 Å². The monoisotopic (exact) mass is 314 g/mol. The van der Waals surface area contributed by atoms with Crippen molar-refractivity contribution in [3.8, 4) is 5.75 Å². The molecule has 0 spiro atoms. The Labute approximate surface area is 144 Å². The first-order valence-electron chi connectivity index (χ1n) is 8.24. The van der Waals surface area contributed by atoms with Gasteiger partial charge in [0.1, 0.15) is 5.75 Å². The molecule has 0 radical (unpaired) electrons. The molecule has 0 saturated heterocycles. The molecule has 1 heteroatoms. The molecular formula is C23H22O. The molecule has 0 N–H and O–H groups in total. The molecule has 1 atom stereocenters. The zero-order valence-electron chi connectivity index (χ0n) is 14.1. The van der Waals surface area contributed by atoms with E-state index < -0.39 is 0 Å². The third kappa shape index (κ3) is 3.75. The van der Waals surface area contributed by atoms with E-state index in [1.807, 2.05) is 12.1 Å². The van der Waals surface area contributed by atoms with Gasteiger partial charge in [-0.15, -0.1) is 0 Å². The summed E-state index contributed by atoms with van der Waals surface area (Å²) in [5.74, 6) is 1.20. The highest BCUT2D eigenvalue weighted by Crippen LogP contribution is 2.29. The smallest absolute Gasteiger partial charge is 0.118 e. The molecule has 0 aromatic heterocycles. The number of benzene rings is 3. The van der Waals surface area contributed by atoms with Crippen LogP contribution in [0.2, 0.25) is 0 Å². The van der Waals surface area contributed by atoms with Gasteiger partial charge in [0, 0.05) is 0 Å². The summed E-state index contributed by atoms with van der Waals surface area (Å²) in [5.41, 5.74) is 5.02. The Morgan fingerprint density at radius 1 is 0.750 bits per heavy atom. The molecule has 0 fully saturated rings. The average molecular weight is 314 g/mol. The Hall–Kier alpha value is -2.80. The van der Waals surface area contributed by atoms with Crippen molar-refractivity contribution in [1.82, 2.24) is 0 Å². The fourth-order valence-electron chi connectivity index (χ4n) is 2.85. The SMILES string of the molecule is COc1ccc(C(C)C=C(c2ccccc2)c2ccccc2)cc1. The van der Waals surface area contributed by atoms with Crippen LogP contribution in [0.5, 0.6) is 5.75 Å². The number of methoxy groups -OCH3 is 1. The maximum atomic E-state index is 5.25. The van der Waals surface area contributed by atoms with Crippen molar-refractivity contribution in [2.24, 2.45) is 0 Å². The molecule has 24 heavy (non-hydrogen) atoms. The first-order chi connectivity index (χ1) is 11.8. The molecule has 0 aliphatic carbocycles. The summed E-state index contributed by atoms with van der Waals surface area (Å²) in [6.07, 6.45) is 2.34. The second-order valence-corrected chi connectivity index (χ2v) is 5.87. The zero-order chi connectivity index (χ0) is 16.8. The second-order valence-electron chi connectivity index (χ2n) is 5.87. The van der Waals surface area contributed by atoms with Gasteiger partial charge in [-0.05, 0) is 40.3 Å². The van der Waals surface area contributed by atoms with Crippen LogP contribution in [0.1, 0.15) is 29.5 Å². The fourth-order valence-corrected chi connectivity index (χ4v) is 2.85. The van der Waals surface area contributed by atoms with E-state index in [4.69, 9.17) is 4.74 Å². The Bertz CT molecular complexity index is 745. The Morgan fingerprint density at radius 3 is 1.71 bits per heavy atom. The van der Waals surface area contributed by atoms with Crippen LogP contribution in [0.3, 0.4) is 0 Å². The molecule has 0 heterocycles. The lowest BCUT2D eigenvalue weighted by molar-refractivity contribution is 0.414. The lowest BCUT2D eigenvalue weighted by atomic mass is 9.91. The summed E-state index contributed by atoms with van der Waals surface area (Å²) in [6, 6.07) is 29.4. The summed E-state index contributed by atoms with van der Waals surface area (Å²) >= 11 is 0. The predicted octanol–water partition coefficient (Wildman–Crippen LogP) is 5.93. The quantitative estimate of drug-likeness (QED) is 0.567. The zero-order valence-corrected chi connectivity index (χ0v) is 14.1. The minimum atomic E-state index is 0.311. The highest BCUT2D eigenvalue weighted by Gasteiger charge is 2.09. The van der Waals surface area contributed by atoms with E-state index in [0.29, 0.717) is 5.92 Å². The van der Waals surface area contributed by atoms with Crippen LogP contribution in [0, 0.1) is 0 Å². The summed E-state index contributed by atoms with van der Waals surface area (Å²) in [4.78, 5) is 0. The molecule has 1 nitrogen and oxygen atoms in total. The predicted molar refractivity (Wildman–Crippen MR) is 101 cm³/mol. The standard InChI is InChI=1S/C23H22O/c1-18(19-13-15-22(24-2)16-14-19)17-23(20-9-5-3-6-10-20)21-11-7-4-8-12-21/h3-18H,1-2H3. The highest BCUT2D eigenvalue weighted by atomic mass is 16.5. The second kappa shape index (κ2) is 7.65. The first kappa shape index (κ1) is 16.1. The molecule has 3 aromatic rings. The molecule has 0 aliphatic rings. The minimum absolute atomic E-state index is 0.311. The van der Waals surface area contributed by atoms with Crippen molar-refractivity contribution < 1.29 is 4.74 Å². The van der Waals surface area contributed by atoms with Gasteiger partial charge in [-0.3, -0.25) is 0 Å². The number of ether oxygens (including phenoxy) is 1. The topological polar surface area (TPSA) is 9.23 Å². The number of allylic oxidation sites excluding steroid dienone is 1. The summed E-state index contributed by atoms with van der Waals surface area (Å²) in [7, 11) is 1.70. The summed E-state index contributed by atoms with van der Waals surface area (Å²) in [5, 5.41) is 0. The molecule has 0 bridgehead atoms. The average Bonchev–Trinajstić information content (AvgIpc) is 2.67. The first-order valence-corrected chi connectivity index (χ1v) is 8.24. The number of hydrogen-bond acceptors (Lipinski definition) is 1. The molecule has 3 aromatic carbocycles. The van der Waals surface area contributed by atoms with E-state index in [9.17, 15) is 0 Å². The van der Waals surface area contributed by atoms with Crippen LogP contribution in [-0.2, 0) is 0 Å². The van der Waals surface area contributed by atoms with Crippen molar-refractivity contribution >= 4 is 5.57 Å². The maximum absolute atomic E-state index is 5.25. The third-order valence-corrected chi connectivity index (χ3v) is 4.23. The fraction of sp³-hybridized carbons (Fsp3) is 0.130. The lowest BCUT2D eigenvalue weighted by Gasteiger charge is -2.14. The molecular weight excluding hydrogens is 292 g/mol. The summed E-state index contributed by atoms with van der Waals surface area (Å²) in [6.45, 7) is 2.23. The Kier molecular flexibility index (Phi) is 5.12. The molecule has 3 rings (SSSR count). The van der Waals surface area contributed by atoms with Crippen LogP contribution < -0.4 is 4.74 Å². The van der Waals surface area contributed by atoms with Crippen molar-refractivity contribution in [3.05, 3.63) is 108 Å². The molecule has 120 valence electrons. The number of rotatable bonds is 5. The Balaban J connectivity index is 1.99. The molecule has 0 saturated carbocycles. The normalized spacial score (nSPS) is 11.6. The van der Waals surface area contributed by atoms with Crippen molar-refractivity contribution in [2.45, 2.75) is 12.8 Å². The molecule has 0 amide bonds. The molecule has 1 unspecified atom stereocenters. The van der Waals surface area contributed by atoms with Gasteiger partial charge in [0.15, 0.2) is 0 Å². The van der Waals surface area contributed by atoms with Crippen LogP contribution in [0.15, 0.2) is 91.0 Å². The maximum Gasteiger partial charge on any atom is 0.118 e. The van der Waals surface area contributed by atoms with E-state index in [1.54, 1.807) is 7.11 Å². The van der Waals surface area contributed by atoms with Gasteiger partial charge in [-0.1, -0.05) is 85.8 Å². The van der Waals surface area contributed by atoms with Gasteiger partial charge in [-0.25, -0.2) is 0 Å². The minimum Gasteiger partial charge on any atom is -0.497 e. The van der Waals surface area contributed by atoms with Gasteiger partial charge in [0.05, 0.1) is 7.11 Å². The van der Waals surface area contributed by atoms with E-state index in [0.717, 1.165) is 5.75 Å². The van der Waals surface area contributed by atoms with Crippen LogP contribution in [-0.4, -0.2) is 7.11 Å². The van der Waals surface area contributed by atoms with E-state index in [-0.39, 0.29) is 0 Å². The van der Waals surface area contributed by atoms with Crippen LogP contribution >= 0.6 is 0 Å². The lowest BCUT2D eigenvalue weighted by Crippen LogP contribution is -1.94.